The number of esters is 1. The average molecular weight is 450 g/mol. The van der Waals surface area contributed by atoms with Gasteiger partial charge in [0.15, 0.2) is 16.4 Å². The van der Waals surface area contributed by atoms with E-state index in [2.05, 4.69) is 5.10 Å². The smallest absolute Gasteiger partial charge is 0.306 e. The standard InChI is InChI=1S/C21H27N3O6S/c1-2-23(17-11-13-31(28,29)15-17)20(26)14-30-21(27)9-8-19(25)24-12-10-18(22-24)16-6-4-3-5-7-16/h3-7,17H,2,8-15H2,1H3/t17-/m0/s1. The minimum absolute atomic E-state index is 0.0586. The van der Waals surface area contributed by atoms with Gasteiger partial charge in [0.05, 0.1) is 30.2 Å². The van der Waals surface area contributed by atoms with E-state index >= 15 is 0 Å². The summed E-state index contributed by atoms with van der Waals surface area (Å²) >= 11 is 0. The number of rotatable bonds is 8. The first-order chi connectivity index (χ1) is 14.8. The monoisotopic (exact) mass is 449 g/mol. The van der Waals surface area contributed by atoms with Crippen molar-refractivity contribution in [1.82, 2.24) is 9.91 Å². The summed E-state index contributed by atoms with van der Waals surface area (Å²) in [5, 5.41) is 5.70. The zero-order valence-corrected chi connectivity index (χ0v) is 18.3. The Morgan fingerprint density at radius 2 is 1.94 bits per heavy atom. The van der Waals surface area contributed by atoms with Gasteiger partial charge in [0.2, 0.25) is 5.91 Å². The molecule has 168 valence electrons. The van der Waals surface area contributed by atoms with Crippen LogP contribution in [-0.2, 0) is 29.0 Å². The van der Waals surface area contributed by atoms with Gasteiger partial charge in [-0.2, -0.15) is 5.10 Å². The maximum atomic E-state index is 12.4. The first kappa shape index (κ1) is 22.9. The molecule has 0 unspecified atom stereocenters. The van der Waals surface area contributed by atoms with Crippen molar-refractivity contribution in [2.45, 2.75) is 38.6 Å². The van der Waals surface area contributed by atoms with Crippen LogP contribution in [0.2, 0.25) is 0 Å². The number of nitrogens with zero attached hydrogens (tertiary/aromatic N) is 3. The fraction of sp³-hybridized carbons (Fsp3) is 0.524. The third kappa shape index (κ3) is 6.13. The van der Waals surface area contributed by atoms with E-state index in [0.717, 1.165) is 11.3 Å². The van der Waals surface area contributed by atoms with Crippen LogP contribution in [-0.4, -0.2) is 79.1 Å². The minimum atomic E-state index is -3.12. The van der Waals surface area contributed by atoms with E-state index in [1.165, 1.54) is 9.91 Å². The van der Waals surface area contributed by atoms with Gasteiger partial charge in [-0.25, -0.2) is 13.4 Å². The number of hydrogen-bond acceptors (Lipinski definition) is 7. The van der Waals surface area contributed by atoms with Crippen molar-refractivity contribution < 1.29 is 27.5 Å². The molecule has 31 heavy (non-hydrogen) atoms. The van der Waals surface area contributed by atoms with Gasteiger partial charge in [0.25, 0.3) is 5.91 Å². The van der Waals surface area contributed by atoms with Gasteiger partial charge in [0.1, 0.15) is 0 Å². The lowest BCUT2D eigenvalue weighted by molar-refractivity contribution is -0.153. The summed E-state index contributed by atoms with van der Waals surface area (Å²) in [6, 6.07) is 9.21. The lowest BCUT2D eigenvalue weighted by Gasteiger charge is -2.26. The molecule has 0 spiro atoms. The van der Waals surface area contributed by atoms with Gasteiger partial charge >= 0.3 is 5.97 Å². The highest BCUT2D eigenvalue weighted by Gasteiger charge is 2.34. The molecule has 0 bridgehead atoms. The van der Waals surface area contributed by atoms with Crippen molar-refractivity contribution in [3.8, 4) is 0 Å². The molecule has 1 atom stereocenters. The Labute approximate surface area is 182 Å². The predicted octanol–water partition coefficient (Wildman–Crippen LogP) is 0.982. The Kier molecular flexibility index (Phi) is 7.42. The summed E-state index contributed by atoms with van der Waals surface area (Å²) in [6.45, 7) is 2.10. The Morgan fingerprint density at radius 1 is 1.19 bits per heavy atom. The molecular weight excluding hydrogens is 422 g/mol. The van der Waals surface area contributed by atoms with Crippen molar-refractivity contribution in [1.29, 1.82) is 0 Å². The number of sulfone groups is 1. The first-order valence-electron chi connectivity index (χ1n) is 10.4. The average Bonchev–Trinajstić information content (AvgIpc) is 3.38. The SMILES string of the molecule is CCN(C(=O)COC(=O)CCC(=O)N1CCC(c2ccccc2)=N1)[C@H]1CCS(=O)(=O)C1. The quantitative estimate of drug-likeness (QED) is 0.547. The third-order valence-corrected chi connectivity index (χ3v) is 7.16. The maximum Gasteiger partial charge on any atom is 0.306 e. The fourth-order valence-corrected chi connectivity index (χ4v) is 5.50. The normalized spacial score (nSPS) is 19.7. The van der Waals surface area contributed by atoms with Gasteiger partial charge < -0.3 is 9.64 Å². The molecule has 1 aromatic carbocycles. The van der Waals surface area contributed by atoms with Crippen LogP contribution in [0, 0.1) is 0 Å². The molecule has 2 aliphatic heterocycles. The van der Waals surface area contributed by atoms with Crippen LogP contribution in [0.3, 0.4) is 0 Å². The van der Waals surface area contributed by atoms with Crippen LogP contribution in [0.15, 0.2) is 35.4 Å². The molecule has 0 N–H and O–H groups in total. The third-order valence-electron chi connectivity index (χ3n) is 5.41. The summed E-state index contributed by atoms with van der Waals surface area (Å²) in [5.74, 6) is -1.35. The van der Waals surface area contributed by atoms with Crippen molar-refractivity contribution >= 4 is 33.3 Å². The fourth-order valence-electron chi connectivity index (χ4n) is 3.77. The summed E-state index contributed by atoms with van der Waals surface area (Å²) in [4.78, 5) is 38.1. The molecular formula is C21H27N3O6S. The van der Waals surface area contributed by atoms with Crippen molar-refractivity contribution in [2.24, 2.45) is 5.10 Å². The Bertz CT molecular complexity index is 961. The van der Waals surface area contributed by atoms with E-state index in [-0.39, 0.29) is 36.3 Å². The van der Waals surface area contributed by atoms with Crippen LogP contribution in [0.25, 0.3) is 0 Å². The Morgan fingerprint density at radius 3 is 2.58 bits per heavy atom. The van der Waals surface area contributed by atoms with Crippen LogP contribution < -0.4 is 0 Å². The lowest BCUT2D eigenvalue weighted by Crippen LogP contribution is -2.43. The van der Waals surface area contributed by atoms with Crippen LogP contribution >= 0.6 is 0 Å². The summed E-state index contributed by atoms with van der Waals surface area (Å²) in [5.41, 5.74) is 1.79. The molecule has 1 aromatic rings. The van der Waals surface area contributed by atoms with E-state index in [9.17, 15) is 22.8 Å². The van der Waals surface area contributed by atoms with E-state index in [0.29, 0.717) is 25.9 Å². The molecule has 2 aliphatic rings. The largest absolute Gasteiger partial charge is 0.456 e. The van der Waals surface area contributed by atoms with Crippen molar-refractivity contribution in [2.75, 3.05) is 31.2 Å². The van der Waals surface area contributed by atoms with E-state index in [1.807, 2.05) is 30.3 Å². The summed E-state index contributed by atoms with van der Waals surface area (Å²) in [7, 11) is -3.12. The first-order valence-corrected chi connectivity index (χ1v) is 12.2. The Hall–Kier alpha value is -2.75. The second-order valence-corrected chi connectivity index (χ2v) is 9.81. The van der Waals surface area contributed by atoms with E-state index in [1.54, 1.807) is 6.92 Å². The molecule has 2 heterocycles. The molecule has 0 saturated carbocycles. The molecule has 0 aromatic heterocycles. The van der Waals surface area contributed by atoms with Gasteiger partial charge in [-0.05, 0) is 18.9 Å². The highest BCUT2D eigenvalue weighted by molar-refractivity contribution is 7.91. The number of carbonyl (C=O) groups excluding carboxylic acids is 3. The predicted molar refractivity (Wildman–Crippen MR) is 114 cm³/mol. The van der Waals surface area contributed by atoms with Gasteiger partial charge in [-0.1, -0.05) is 30.3 Å². The molecule has 10 heteroatoms. The molecule has 2 amide bonds. The number of benzene rings is 1. The highest BCUT2D eigenvalue weighted by Crippen LogP contribution is 2.18. The van der Waals surface area contributed by atoms with Crippen LogP contribution in [0.5, 0.6) is 0 Å². The molecule has 0 aliphatic carbocycles. The molecule has 1 saturated heterocycles. The number of ether oxygens (including phenoxy) is 1. The molecule has 1 fully saturated rings. The summed E-state index contributed by atoms with van der Waals surface area (Å²) < 4.78 is 28.3. The number of hydrogen-bond donors (Lipinski definition) is 0. The van der Waals surface area contributed by atoms with E-state index in [4.69, 9.17) is 4.74 Å². The zero-order valence-electron chi connectivity index (χ0n) is 17.5. The minimum Gasteiger partial charge on any atom is -0.456 e. The van der Waals surface area contributed by atoms with Crippen molar-refractivity contribution in [3.63, 3.8) is 0 Å². The van der Waals surface area contributed by atoms with Crippen LogP contribution in [0.1, 0.15) is 38.2 Å². The van der Waals surface area contributed by atoms with Crippen LogP contribution in [0.4, 0.5) is 0 Å². The van der Waals surface area contributed by atoms with Gasteiger partial charge in [-0.15, -0.1) is 0 Å². The zero-order chi connectivity index (χ0) is 22.4. The maximum absolute atomic E-state index is 12.4. The van der Waals surface area contributed by atoms with Gasteiger partial charge in [-0.3, -0.25) is 14.4 Å². The van der Waals surface area contributed by atoms with E-state index < -0.39 is 28.3 Å². The molecule has 9 nitrogen and oxygen atoms in total. The molecule has 3 rings (SSSR count). The second kappa shape index (κ2) is 10.0. The summed E-state index contributed by atoms with van der Waals surface area (Å²) in [6.07, 6.45) is 0.837. The topological polar surface area (TPSA) is 113 Å². The second-order valence-electron chi connectivity index (χ2n) is 7.58. The Balaban J connectivity index is 1.42. The lowest BCUT2D eigenvalue weighted by atomic mass is 10.1. The number of hydrazone groups is 1. The van der Waals surface area contributed by atoms with Crippen molar-refractivity contribution in [3.05, 3.63) is 35.9 Å². The molecule has 0 radical (unpaired) electrons. The number of amides is 2. The number of likely N-dealkylation sites (N-methyl/N-ethyl adjacent to an activating group) is 1. The highest BCUT2D eigenvalue weighted by atomic mass is 32.2. The van der Waals surface area contributed by atoms with Gasteiger partial charge in [0, 0.05) is 25.4 Å². The number of carbonyl (C=O) groups is 3.